The van der Waals surface area contributed by atoms with E-state index in [0.29, 0.717) is 25.3 Å². The van der Waals surface area contributed by atoms with Gasteiger partial charge in [0.05, 0.1) is 0 Å². The summed E-state index contributed by atoms with van der Waals surface area (Å²) in [6.45, 7) is 0.472. The fourth-order valence-electron chi connectivity index (χ4n) is 2.65. The van der Waals surface area contributed by atoms with Gasteiger partial charge in [0.1, 0.15) is 5.41 Å². The van der Waals surface area contributed by atoms with Gasteiger partial charge in [0.2, 0.25) is 11.8 Å². The summed E-state index contributed by atoms with van der Waals surface area (Å²) >= 11 is 1.92. The molecule has 1 spiro atoms. The van der Waals surface area contributed by atoms with Gasteiger partial charge in [0.25, 0.3) is 0 Å². The Bertz CT molecular complexity index is 414. The lowest BCUT2D eigenvalue weighted by atomic mass is 9.98. The maximum atomic E-state index is 12.2. The van der Waals surface area contributed by atoms with Gasteiger partial charge < -0.3 is 0 Å². The highest BCUT2D eigenvalue weighted by molar-refractivity contribution is 7.99. The van der Waals surface area contributed by atoms with E-state index in [0.717, 1.165) is 24.3 Å². The molecule has 1 N–H and O–H groups in total. The van der Waals surface area contributed by atoms with Gasteiger partial charge in [-0.25, -0.2) is 4.79 Å². The molecule has 0 aromatic carbocycles. The second-order valence-corrected chi connectivity index (χ2v) is 6.54. The number of nitrogens with zero attached hydrogens (tertiary/aromatic N) is 1. The largest absolute Gasteiger partial charge is 0.330 e. The summed E-state index contributed by atoms with van der Waals surface area (Å²) in [6, 6.07) is -0.527. The van der Waals surface area contributed by atoms with E-state index in [1.807, 2.05) is 11.8 Å². The first-order chi connectivity index (χ1) is 8.63. The van der Waals surface area contributed by atoms with Crippen molar-refractivity contribution >= 4 is 29.6 Å². The quantitative estimate of drug-likeness (QED) is 0.758. The van der Waals surface area contributed by atoms with Gasteiger partial charge in [-0.2, -0.15) is 11.8 Å². The molecule has 1 aliphatic carbocycles. The van der Waals surface area contributed by atoms with E-state index in [1.165, 1.54) is 4.90 Å². The van der Waals surface area contributed by atoms with Crippen molar-refractivity contribution < 1.29 is 14.4 Å². The lowest BCUT2D eigenvalue weighted by Crippen LogP contribution is -2.60. The molecular formula is C12H16N2O3S. The summed E-state index contributed by atoms with van der Waals surface area (Å²) in [4.78, 5) is 36.9. The molecule has 0 atom stereocenters. The van der Waals surface area contributed by atoms with Gasteiger partial charge in [-0.1, -0.05) is 0 Å². The van der Waals surface area contributed by atoms with Crippen molar-refractivity contribution in [3.63, 3.8) is 0 Å². The first-order valence-corrected chi connectivity index (χ1v) is 7.54. The number of barbiturate groups is 1. The maximum absolute atomic E-state index is 12.2. The number of thioether (sulfide) groups is 1. The Morgan fingerprint density at radius 1 is 1.22 bits per heavy atom. The summed E-state index contributed by atoms with van der Waals surface area (Å²) in [5, 5.41) is 2.32. The van der Waals surface area contributed by atoms with Gasteiger partial charge in [-0.3, -0.25) is 19.8 Å². The average molecular weight is 268 g/mol. The molecule has 3 aliphatic rings. The highest BCUT2D eigenvalue weighted by Crippen LogP contribution is 2.49. The molecule has 5 nitrogen and oxygen atoms in total. The Morgan fingerprint density at radius 3 is 2.50 bits per heavy atom. The van der Waals surface area contributed by atoms with Gasteiger partial charge in [-0.15, -0.1) is 0 Å². The van der Waals surface area contributed by atoms with Crippen molar-refractivity contribution in [1.82, 2.24) is 10.2 Å². The van der Waals surface area contributed by atoms with E-state index in [2.05, 4.69) is 5.32 Å². The van der Waals surface area contributed by atoms with Crippen LogP contribution >= 0.6 is 11.8 Å². The van der Waals surface area contributed by atoms with Crippen molar-refractivity contribution in [1.29, 1.82) is 0 Å². The topological polar surface area (TPSA) is 66.5 Å². The molecule has 98 valence electrons. The van der Waals surface area contributed by atoms with E-state index < -0.39 is 17.4 Å². The van der Waals surface area contributed by atoms with Gasteiger partial charge >= 0.3 is 6.03 Å². The van der Waals surface area contributed by atoms with E-state index in [9.17, 15) is 14.4 Å². The zero-order chi connectivity index (χ0) is 12.8. The molecule has 6 heteroatoms. The third-order valence-corrected chi connectivity index (χ3v) is 5.14. The number of carbonyl (C=O) groups excluding carboxylic acids is 3. The number of rotatable bonds is 2. The molecule has 2 saturated heterocycles. The van der Waals surface area contributed by atoms with E-state index in [4.69, 9.17) is 0 Å². The van der Waals surface area contributed by atoms with Gasteiger partial charge in [0.15, 0.2) is 0 Å². The van der Waals surface area contributed by atoms with Crippen LogP contribution in [0.3, 0.4) is 0 Å². The van der Waals surface area contributed by atoms with Crippen LogP contribution in [-0.2, 0) is 9.59 Å². The van der Waals surface area contributed by atoms with Crippen molar-refractivity contribution in [2.24, 2.45) is 11.3 Å². The zero-order valence-electron chi connectivity index (χ0n) is 10.1. The van der Waals surface area contributed by atoms with Crippen LogP contribution in [0.4, 0.5) is 4.79 Å². The van der Waals surface area contributed by atoms with Crippen LogP contribution in [0.25, 0.3) is 0 Å². The first-order valence-electron chi connectivity index (χ1n) is 6.39. The van der Waals surface area contributed by atoms with Crippen LogP contribution in [0.1, 0.15) is 25.7 Å². The zero-order valence-corrected chi connectivity index (χ0v) is 10.9. The minimum atomic E-state index is -0.892. The van der Waals surface area contributed by atoms with Crippen LogP contribution in [0, 0.1) is 11.3 Å². The third-order valence-electron chi connectivity index (χ3n) is 4.09. The fourth-order valence-corrected chi connectivity index (χ4v) is 3.85. The lowest BCUT2D eigenvalue weighted by molar-refractivity contribution is -0.145. The molecule has 3 rings (SSSR count). The summed E-state index contributed by atoms with van der Waals surface area (Å²) in [6.07, 6.45) is 3.26. The molecule has 2 heterocycles. The number of amides is 4. The molecule has 4 amide bonds. The molecular weight excluding hydrogens is 252 g/mol. The van der Waals surface area contributed by atoms with Crippen molar-refractivity contribution in [3.8, 4) is 0 Å². The van der Waals surface area contributed by atoms with Crippen molar-refractivity contribution in [2.45, 2.75) is 25.7 Å². The van der Waals surface area contributed by atoms with E-state index in [1.54, 1.807) is 0 Å². The molecule has 0 aromatic heterocycles. The fraction of sp³-hybridized carbons (Fsp3) is 0.750. The Kier molecular flexibility index (Phi) is 2.84. The second-order valence-electron chi connectivity index (χ2n) is 5.31. The number of nitrogens with one attached hydrogen (secondary N) is 1. The Hall–Kier alpha value is -1.04. The Morgan fingerprint density at radius 2 is 1.89 bits per heavy atom. The van der Waals surface area contributed by atoms with E-state index >= 15 is 0 Å². The number of hydrogen-bond acceptors (Lipinski definition) is 4. The number of imide groups is 2. The summed E-state index contributed by atoms with van der Waals surface area (Å²) in [5.41, 5.74) is -0.892. The predicted octanol–water partition coefficient (Wildman–Crippen LogP) is 0.988. The van der Waals surface area contributed by atoms with Crippen LogP contribution in [-0.4, -0.2) is 40.8 Å². The molecule has 0 aromatic rings. The predicted molar refractivity (Wildman–Crippen MR) is 67.0 cm³/mol. The van der Waals surface area contributed by atoms with Crippen molar-refractivity contribution in [2.75, 3.05) is 18.1 Å². The standard InChI is InChI=1S/C12H16N2O3S/c15-9-12(3-4-12)10(16)14(11(17)13-9)7-8-1-5-18-6-2-8/h8H,1-7H2,(H,13,15,17). The molecule has 2 aliphatic heterocycles. The molecule has 0 radical (unpaired) electrons. The molecule has 3 fully saturated rings. The highest BCUT2D eigenvalue weighted by Gasteiger charge is 2.62. The minimum absolute atomic E-state index is 0.269. The van der Waals surface area contributed by atoms with Crippen LogP contribution in [0.5, 0.6) is 0 Å². The van der Waals surface area contributed by atoms with Crippen molar-refractivity contribution in [3.05, 3.63) is 0 Å². The monoisotopic (exact) mass is 268 g/mol. The minimum Gasteiger partial charge on any atom is -0.277 e. The number of carbonyl (C=O) groups is 3. The Labute approximate surface area is 110 Å². The SMILES string of the molecule is O=C1NC(=O)C2(CC2)C(=O)N1CC1CCSCC1. The smallest absolute Gasteiger partial charge is 0.277 e. The molecule has 0 unspecified atom stereocenters. The highest BCUT2D eigenvalue weighted by atomic mass is 32.2. The van der Waals surface area contributed by atoms with E-state index in [-0.39, 0.29) is 5.91 Å². The van der Waals surface area contributed by atoms with Gasteiger partial charge in [-0.05, 0) is 43.1 Å². The Balaban J connectivity index is 1.72. The van der Waals surface area contributed by atoms with Crippen LogP contribution < -0.4 is 5.32 Å². The van der Waals surface area contributed by atoms with Crippen LogP contribution in [0.2, 0.25) is 0 Å². The van der Waals surface area contributed by atoms with Gasteiger partial charge in [0, 0.05) is 6.54 Å². The normalized spacial score (nSPS) is 27.6. The third kappa shape index (κ3) is 1.83. The second kappa shape index (κ2) is 4.26. The first kappa shape index (κ1) is 12.0. The summed E-state index contributed by atoms with van der Waals surface area (Å²) in [5.74, 6) is 1.92. The van der Waals surface area contributed by atoms with Crippen LogP contribution in [0.15, 0.2) is 0 Å². The molecule has 18 heavy (non-hydrogen) atoms. The average Bonchev–Trinajstić information content (AvgIpc) is 3.16. The maximum Gasteiger partial charge on any atom is 0.330 e. The molecule has 0 bridgehead atoms. The lowest BCUT2D eigenvalue weighted by Gasteiger charge is -2.33. The molecule has 1 saturated carbocycles. The number of hydrogen-bond donors (Lipinski definition) is 1. The summed E-state index contributed by atoms with van der Waals surface area (Å²) in [7, 11) is 0. The number of urea groups is 1. The summed E-state index contributed by atoms with van der Waals surface area (Å²) < 4.78 is 0.